The Morgan fingerprint density at radius 1 is 0.884 bits per heavy atom. The predicted molar refractivity (Wildman–Crippen MR) is 162 cm³/mol. The third kappa shape index (κ3) is 8.78. The molecule has 0 fully saturated rings. The van der Waals surface area contributed by atoms with Crippen LogP contribution in [0.4, 0.5) is 18.9 Å². The van der Waals surface area contributed by atoms with E-state index in [4.69, 9.17) is 34.8 Å². The van der Waals surface area contributed by atoms with Crippen molar-refractivity contribution in [3.8, 4) is 0 Å². The summed E-state index contributed by atoms with van der Waals surface area (Å²) in [5.74, 6) is -1.41. The van der Waals surface area contributed by atoms with Crippen molar-refractivity contribution >= 4 is 62.3 Å². The standard InChI is InChI=1S/C29H29Cl3F3N3O4S/c1-18(27(40)36-28(2,3)4)37(16-19-10-12-24(31)25(32)14-19)26(39)17-38(43(41,42)21-8-6-5-7-9-21)20-11-13-23(30)22(15-20)29(33,34)35/h5-15,18H,16-17H2,1-4H3,(H,36,40)/t18-/m0/s1. The van der Waals surface area contributed by atoms with Crippen LogP contribution < -0.4 is 9.62 Å². The Bertz CT molecular complexity index is 1600. The number of carbonyl (C=O) groups is 2. The van der Waals surface area contributed by atoms with Crippen molar-refractivity contribution in [2.24, 2.45) is 0 Å². The molecule has 1 atom stereocenters. The fourth-order valence-corrected chi connectivity index (χ4v) is 6.00. The number of alkyl halides is 3. The summed E-state index contributed by atoms with van der Waals surface area (Å²) >= 11 is 18.0. The van der Waals surface area contributed by atoms with Gasteiger partial charge in [0.05, 0.1) is 31.2 Å². The molecule has 14 heteroatoms. The number of benzene rings is 3. The Morgan fingerprint density at radius 2 is 1.49 bits per heavy atom. The van der Waals surface area contributed by atoms with Crippen LogP contribution in [0.5, 0.6) is 0 Å². The van der Waals surface area contributed by atoms with E-state index in [9.17, 15) is 31.2 Å². The highest BCUT2D eigenvalue weighted by molar-refractivity contribution is 7.92. The molecule has 0 heterocycles. The summed E-state index contributed by atoms with van der Waals surface area (Å²) in [5.41, 5.74) is -1.92. The molecule has 3 aromatic rings. The zero-order valence-electron chi connectivity index (χ0n) is 23.5. The Labute approximate surface area is 263 Å². The smallest absolute Gasteiger partial charge is 0.350 e. The van der Waals surface area contributed by atoms with Crippen LogP contribution in [0.25, 0.3) is 0 Å². The van der Waals surface area contributed by atoms with Crippen molar-refractivity contribution in [3.63, 3.8) is 0 Å². The Balaban J connectivity index is 2.13. The topological polar surface area (TPSA) is 86.8 Å². The van der Waals surface area contributed by atoms with Gasteiger partial charge >= 0.3 is 6.18 Å². The third-order valence-corrected chi connectivity index (χ3v) is 9.01. The number of amides is 2. The Kier molecular flexibility index (Phi) is 10.7. The molecule has 0 saturated carbocycles. The monoisotopic (exact) mass is 677 g/mol. The molecule has 1 N–H and O–H groups in total. The lowest BCUT2D eigenvalue weighted by atomic mass is 10.1. The van der Waals surface area contributed by atoms with Gasteiger partial charge < -0.3 is 10.2 Å². The van der Waals surface area contributed by atoms with E-state index in [1.807, 2.05) is 0 Å². The molecule has 3 aromatic carbocycles. The number of hydrogen-bond acceptors (Lipinski definition) is 4. The summed E-state index contributed by atoms with van der Waals surface area (Å²) in [6.07, 6.45) is -4.90. The highest BCUT2D eigenvalue weighted by atomic mass is 35.5. The van der Waals surface area contributed by atoms with Crippen LogP contribution in [0.3, 0.4) is 0 Å². The number of anilines is 1. The molecule has 0 aliphatic heterocycles. The van der Waals surface area contributed by atoms with Gasteiger partial charge in [-0.3, -0.25) is 13.9 Å². The molecule has 0 aliphatic carbocycles. The summed E-state index contributed by atoms with van der Waals surface area (Å²) in [5, 5.41) is 2.58. The first-order valence-corrected chi connectivity index (χ1v) is 15.4. The van der Waals surface area contributed by atoms with Crippen LogP contribution >= 0.6 is 34.8 Å². The van der Waals surface area contributed by atoms with Crippen molar-refractivity contribution in [1.29, 1.82) is 0 Å². The van der Waals surface area contributed by atoms with E-state index in [0.29, 0.717) is 15.9 Å². The highest BCUT2D eigenvalue weighted by Crippen LogP contribution is 2.38. The van der Waals surface area contributed by atoms with Gasteiger partial charge in [-0.05, 0) is 75.7 Å². The molecule has 0 spiro atoms. The van der Waals surface area contributed by atoms with Crippen LogP contribution in [0.2, 0.25) is 15.1 Å². The summed E-state index contributed by atoms with van der Waals surface area (Å²) in [6.45, 7) is 5.56. The van der Waals surface area contributed by atoms with Crippen LogP contribution in [0, 0.1) is 0 Å². The van der Waals surface area contributed by atoms with Gasteiger partial charge in [-0.2, -0.15) is 13.2 Å². The average molecular weight is 679 g/mol. The van der Waals surface area contributed by atoms with E-state index in [0.717, 1.165) is 17.0 Å². The molecule has 232 valence electrons. The molecule has 0 radical (unpaired) electrons. The lowest BCUT2D eigenvalue weighted by molar-refractivity contribution is -0.140. The molecule has 0 aliphatic rings. The van der Waals surface area contributed by atoms with Crippen molar-refractivity contribution in [1.82, 2.24) is 10.2 Å². The maximum Gasteiger partial charge on any atom is 0.417 e. The largest absolute Gasteiger partial charge is 0.417 e. The zero-order chi connectivity index (χ0) is 32.3. The number of carbonyl (C=O) groups excluding carboxylic acids is 2. The molecule has 7 nitrogen and oxygen atoms in total. The highest BCUT2D eigenvalue weighted by Gasteiger charge is 2.37. The molecular weight excluding hydrogens is 650 g/mol. The van der Waals surface area contributed by atoms with Crippen LogP contribution in [-0.2, 0) is 32.3 Å². The fraction of sp³-hybridized carbons (Fsp3) is 0.310. The summed E-state index contributed by atoms with van der Waals surface area (Å²) < 4.78 is 69.4. The van der Waals surface area contributed by atoms with E-state index in [-0.39, 0.29) is 21.5 Å². The summed E-state index contributed by atoms with van der Waals surface area (Å²) in [7, 11) is -4.58. The maximum atomic E-state index is 14.0. The number of sulfonamides is 1. The van der Waals surface area contributed by atoms with Crippen molar-refractivity contribution in [3.05, 3.63) is 92.9 Å². The van der Waals surface area contributed by atoms with E-state index in [1.165, 1.54) is 43.3 Å². The quantitative estimate of drug-likeness (QED) is 0.260. The minimum Gasteiger partial charge on any atom is -0.350 e. The number of nitrogens with zero attached hydrogens (tertiary/aromatic N) is 2. The van der Waals surface area contributed by atoms with Crippen LogP contribution in [0.15, 0.2) is 71.6 Å². The fourth-order valence-electron chi connectivity index (χ4n) is 4.03. The van der Waals surface area contributed by atoms with Gasteiger partial charge in [-0.15, -0.1) is 0 Å². The van der Waals surface area contributed by atoms with Crippen LogP contribution in [0.1, 0.15) is 38.8 Å². The minimum atomic E-state index is -4.90. The molecule has 0 aromatic heterocycles. The van der Waals surface area contributed by atoms with E-state index >= 15 is 0 Å². The van der Waals surface area contributed by atoms with Gasteiger partial charge in [0.2, 0.25) is 11.8 Å². The predicted octanol–water partition coefficient (Wildman–Crippen LogP) is 7.19. The first kappa shape index (κ1) is 34.5. The lowest BCUT2D eigenvalue weighted by Gasteiger charge is -2.33. The summed E-state index contributed by atoms with van der Waals surface area (Å²) in [6, 6.07) is 12.9. The minimum absolute atomic E-state index is 0.187. The van der Waals surface area contributed by atoms with E-state index in [1.54, 1.807) is 32.9 Å². The number of halogens is 6. The molecule has 3 rings (SSSR count). The number of hydrogen-bond donors (Lipinski definition) is 1. The Morgan fingerprint density at radius 3 is 2.05 bits per heavy atom. The second-order valence-corrected chi connectivity index (χ2v) is 13.8. The van der Waals surface area contributed by atoms with Gasteiger partial charge in [0.15, 0.2) is 0 Å². The zero-order valence-corrected chi connectivity index (χ0v) is 26.6. The summed E-state index contributed by atoms with van der Waals surface area (Å²) in [4.78, 5) is 28.0. The van der Waals surface area contributed by atoms with Crippen molar-refractivity contribution in [2.75, 3.05) is 10.8 Å². The van der Waals surface area contributed by atoms with Gasteiger partial charge in [0, 0.05) is 12.1 Å². The molecule has 0 unspecified atom stereocenters. The molecular formula is C29H29Cl3F3N3O4S. The SMILES string of the molecule is C[C@@H](C(=O)NC(C)(C)C)N(Cc1ccc(Cl)c(Cl)c1)C(=O)CN(c1ccc(Cl)c(C(F)(F)F)c1)S(=O)(=O)c1ccccc1. The van der Waals surface area contributed by atoms with Gasteiger partial charge in [-0.25, -0.2) is 8.42 Å². The van der Waals surface area contributed by atoms with Gasteiger partial charge in [0.25, 0.3) is 10.0 Å². The molecule has 43 heavy (non-hydrogen) atoms. The first-order chi connectivity index (χ1) is 19.8. The second kappa shape index (κ2) is 13.3. The van der Waals surface area contributed by atoms with Crippen molar-refractivity contribution in [2.45, 2.75) is 56.9 Å². The van der Waals surface area contributed by atoms with E-state index < -0.39 is 62.4 Å². The number of rotatable bonds is 9. The first-order valence-electron chi connectivity index (χ1n) is 12.8. The second-order valence-electron chi connectivity index (χ2n) is 10.7. The average Bonchev–Trinajstić information content (AvgIpc) is 2.91. The van der Waals surface area contributed by atoms with Crippen molar-refractivity contribution < 1.29 is 31.2 Å². The molecule has 0 bridgehead atoms. The molecule has 2 amide bonds. The van der Waals surface area contributed by atoms with Gasteiger partial charge in [-0.1, -0.05) is 59.1 Å². The number of nitrogens with one attached hydrogen (secondary N) is 1. The van der Waals surface area contributed by atoms with Gasteiger partial charge in [0.1, 0.15) is 12.6 Å². The van der Waals surface area contributed by atoms with E-state index in [2.05, 4.69) is 5.32 Å². The normalized spacial score (nSPS) is 12.9. The molecule has 0 saturated heterocycles. The maximum absolute atomic E-state index is 14.0. The van der Waals surface area contributed by atoms with Crippen LogP contribution in [-0.4, -0.2) is 43.3 Å². The Hall–Kier alpha value is -2.99. The third-order valence-electron chi connectivity index (χ3n) is 6.16. The lowest BCUT2D eigenvalue weighted by Crippen LogP contribution is -2.54.